The van der Waals surface area contributed by atoms with E-state index in [0.29, 0.717) is 12.5 Å². The molecule has 1 aromatic carbocycles. The van der Waals surface area contributed by atoms with Crippen molar-refractivity contribution in [3.05, 3.63) is 52.2 Å². The van der Waals surface area contributed by atoms with Gasteiger partial charge in [-0.15, -0.1) is 11.3 Å². The molecule has 1 atom stereocenters. The summed E-state index contributed by atoms with van der Waals surface area (Å²) < 4.78 is 22.6. The number of aliphatic imine (C=N–C) groups is 1. The van der Waals surface area contributed by atoms with E-state index < -0.39 is 10.0 Å². The van der Waals surface area contributed by atoms with Crippen molar-refractivity contribution >= 4 is 27.3 Å². The van der Waals surface area contributed by atoms with Crippen LogP contribution < -0.4 is 15.8 Å². The van der Waals surface area contributed by atoms with Gasteiger partial charge in [-0.25, -0.2) is 13.6 Å². The van der Waals surface area contributed by atoms with Gasteiger partial charge in [0.15, 0.2) is 5.96 Å². The molecular formula is C19H28N4O2S2. The number of hydrogen-bond donors (Lipinski definition) is 3. The second kappa shape index (κ2) is 10.4. The minimum absolute atomic E-state index is 0.133. The maximum Gasteiger partial charge on any atom is 0.238 e. The van der Waals surface area contributed by atoms with Crippen LogP contribution in [0.3, 0.4) is 0 Å². The zero-order chi connectivity index (χ0) is 19.7. The number of nitrogens with zero attached hydrogens (tertiary/aromatic N) is 1. The third-order valence-electron chi connectivity index (χ3n) is 3.99. The van der Waals surface area contributed by atoms with Crippen molar-refractivity contribution in [2.45, 2.75) is 31.6 Å². The number of guanidine groups is 1. The minimum atomic E-state index is -3.64. The van der Waals surface area contributed by atoms with Gasteiger partial charge in [-0.05, 0) is 54.8 Å². The molecule has 148 valence electrons. The maximum atomic E-state index is 11.3. The van der Waals surface area contributed by atoms with Crippen LogP contribution in [0.4, 0.5) is 0 Å². The van der Waals surface area contributed by atoms with E-state index in [1.807, 2.05) is 6.92 Å². The predicted molar refractivity (Wildman–Crippen MR) is 113 cm³/mol. The Labute approximate surface area is 166 Å². The molecule has 0 fully saturated rings. The van der Waals surface area contributed by atoms with E-state index in [4.69, 9.17) is 5.14 Å². The van der Waals surface area contributed by atoms with Crippen molar-refractivity contribution in [1.82, 2.24) is 10.6 Å². The van der Waals surface area contributed by atoms with E-state index in [2.05, 4.69) is 40.1 Å². The summed E-state index contributed by atoms with van der Waals surface area (Å²) in [6.45, 7) is 6.52. The topological polar surface area (TPSA) is 96.6 Å². The molecule has 6 nitrogen and oxygen atoms in total. The van der Waals surface area contributed by atoms with E-state index in [0.717, 1.165) is 37.5 Å². The molecule has 2 rings (SSSR count). The summed E-state index contributed by atoms with van der Waals surface area (Å²) in [6.07, 6.45) is 1.80. The van der Waals surface area contributed by atoms with E-state index in [-0.39, 0.29) is 4.90 Å². The maximum absolute atomic E-state index is 11.3. The van der Waals surface area contributed by atoms with Gasteiger partial charge in [0.25, 0.3) is 0 Å². The largest absolute Gasteiger partial charge is 0.357 e. The zero-order valence-corrected chi connectivity index (χ0v) is 17.4. The summed E-state index contributed by atoms with van der Waals surface area (Å²) in [5.41, 5.74) is 1.04. The molecule has 1 heterocycles. The van der Waals surface area contributed by atoms with Crippen molar-refractivity contribution in [2.24, 2.45) is 16.0 Å². The molecule has 4 N–H and O–H groups in total. The lowest BCUT2D eigenvalue weighted by Crippen LogP contribution is -2.38. The number of nitrogens with two attached hydrogens (primary N) is 1. The van der Waals surface area contributed by atoms with Gasteiger partial charge in [0, 0.05) is 24.5 Å². The molecule has 0 bridgehead atoms. The van der Waals surface area contributed by atoms with Crippen LogP contribution in [0.2, 0.25) is 0 Å². The highest BCUT2D eigenvalue weighted by atomic mass is 32.2. The highest BCUT2D eigenvalue weighted by Crippen LogP contribution is 2.14. The smallest absolute Gasteiger partial charge is 0.238 e. The van der Waals surface area contributed by atoms with Gasteiger partial charge in [-0.3, -0.25) is 4.99 Å². The van der Waals surface area contributed by atoms with E-state index in [1.54, 1.807) is 23.5 Å². The first kappa shape index (κ1) is 21.4. The Morgan fingerprint density at radius 1 is 1.22 bits per heavy atom. The molecule has 0 aliphatic carbocycles. The van der Waals surface area contributed by atoms with Crippen LogP contribution in [0.25, 0.3) is 0 Å². The van der Waals surface area contributed by atoms with Crippen LogP contribution in [0.5, 0.6) is 0 Å². The average Bonchev–Trinajstić information content (AvgIpc) is 3.12. The first-order valence-corrected chi connectivity index (χ1v) is 11.5. The molecule has 0 saturated carbocycles. The average molecular weight is 409 g/mol. The van der Waals surface area contributed by atoms with Crippen LogP contribution in [-0.4, -0.2) is 34.0 Å². The van der Waals surface area contributed by atoms with Gasteiger partial charge in [0.1, 0.15) is 0 Å². The van der Waals surface area contributed by atoms with Crippen LogP contribution in [0.1, 0.15) is 24.3 Å². The number of benzene rings is 1. The van der Waals surface area contributed by atoms with Gasteiger partial charge in [0.05, 0.1) is 4.90 Å². The first-order valence-electron chi connectivity index (χ1n) is 9.04. The van der Waals surface area contributed by atoms with E-state index in [9.17, 15) is 8.42 Å². The van der Waals surface area contributed by atoms with Gasteiger partial charge >= 0.3 is 0 Å². The fraction of sp³-hybridized carbons (Fsp3) is 0.421. The van der Waals surface area contributed by atoms with E-state index >= 15 is 0 Å². The summed E-state index contributed by atoms with van der Waals surface area (Å²) in [7, 11) is -3.64. The summed E-state index contributed by atoms with van der Waals surface area (Å²) in [5, 5.41) is 13.8. The molecule has 2 aromatic rings. The van der Waals surface area contributed by atoms with Crippen molar-refractivity contribution in [3.63, 3.8) is 0 Å². The predicted octanol–water partition coefficient (Wildman–Crippen LogP) is 2.37. The third-order valence-corrected chi connectivity index (χ3v) is 5.82. The Balaban J connectivity index is 1.82. The van der Waals surface area contributed by atoms with Crippen molar-refractivity contribution < 1.29 is 8.42 Å². The van der Waals surface area contributed by atoms with Crippen LogP contribution in [-0.2, 0) is 22.9 Å². The van der Waals surface area contributed by atoms with E-state index in [1.165, 1.54) is 17.0 Å². The molecule has 0 aliphatic heterocycles. The number of nitrogens with one attached hydrogen (secondary N) is 2. The Morgan fingerprint density at radius 3 is 2.56 bits per heavy atom. The molecule has 0 radical (unpaired) electrons. The van der Waals surface area contributed by atoms with Gasteiger partial charge < -0.3 is 10.6 Å². The summed E-state index contributed by atoms with van der Waals surface area (Å²) in [6, 6.07) is 10.9. The van der Waals surface area contributed by atoms with Crippen molar-refractivity contribution in [1.29, 1.82) is 0 Å². The molecule has 0 spiro atoms. The van der Waals surface area contributed by atoms with Gasteiger partial charge in [-0.1, -0.05) is 25.1 Å². The SMILES string of the molecule is CCNC(=NCC(C)Cc1cccs1)NCCc1ccc(S(N)(=O)=O)cc1. The Kier molecular flexibility index (Phi) is 8.27. The highest BCUT2D eigenvalue weighted by Gasteiger charge is 2.07. The lowest BCUT2D eigenvalue weighted by Gasteiger charge is -2.13. The Hall–Kier alpha value is -1.90. The molecule has 27 heavy (non-hydrogen) atoms. The second-order valence-corrected chi connectivity index (χ2v) is 9.07. The van der Waals surface area contributed by atoms with Crippen LogP contribution in [0.15, 0.2) is 51.7 Å². The fourth-order valence-electron chi connectivity index (χ4n) is 2.60. The molecule has 0 saturated heterocycles. The minimum Gasteiger partial charge on any atom is -0.357 e. The summed E-state index contributed by atoms with van der Waals surface area (Å²) in [4.78, 5) is 6.20. The normalized spacial score (nSPS) is 13.4. The zero-order valence-electron chi connectivity index (χ0n) is 15.8. The Bertz CT molecular complexity index is 816. The van der Waals surface area contributed by atoms with Crippen molar-refractivity contribution in [3.8, 4) is 0 Å². The van der Waals surface area contributed by atoms with Crippen molar-refractivity contribution in [2.75, 3.05) is 19.6 Å². The van der Waals surface area contributed by atoms with Crippen LogP contribution in [0, 0.1) is 5.92 Å². The lowest BCUT2D eigenvalue weighted by atomic mass is 10.1. The summed E-state index contributed by atoms with van der Waals surface area (Å²) >= 11 is 1.78. The van der Waals surface area contributed by atoms with Crippen LogP contribution >= 0.6 is 11.3 Å². The molecule has 0 aliphatic rings. The van der Waals surface area contributed by atoms with Gasteiger partial charge in [0.2, 0.25) is 10.0 Å². The number of thiophene rings is 1. The number of primary sulfonamides is 1. The number of hydrogen-bond acceptors (Lipinski definition) is 4. The fourth-order valence-corrected chi connectivity index (χ4v) is 3.98. The molecule has 0 amide bonds. The number of rotatable bonds is 9. The molecule has 1 aromatic heterocycles. The second-order valence-electron chi connectivity index (χ2n) is 6.47. The molecular weight excluding hydrogens is 380 g/mol. The standard InChI is InChI=1S/C19H28N4O2S2/c1-3-21-19(23-14-15(2)13-17-5-4-12-26-17)22-11-10-16-6-8-18(9-7-16)27(20,24)25/h4-9,12,15H,3,10-11,13-14H2,1-2H3,(H2,20,24,25)(H2,21,22,23). The summed E-state index contributed by atoms with van der Waals surface area (Å²) in [5.74, 6) is 1.28. The first-order chi connectivity index (χ1) is 12.9. The Morgan fingerprint density at radius 2 is 1.96 bits per heavy atom. The van der Waals surface area contributed by atoms with Gasteiger partial charge in [-0.2, -0.15) is 0 Å². The highest BCUT2D eigenvalue weighted by molar-refractivity contribution is 7.89. The molecule has 8 heteroatoms. The quantitative estimate of drug-likeness (QED) is 0.438. The third kappa shape index (κ3) is 7.70. The lowest BCUT2D eigenvalue weighted by molar-refractivity contribution is 0.595. The monoisotopic (exact) mass is 408 g/mol. The molecule has 1 unspecified atom stereocenters. The number of sulfonamides is 1.